The van der Waals surface area contributed by atoms with E-state index in [0.29, 0.717) is 0 Å². The second-order valence-electron chi connectivity index (χ2n) is 2.91. The van der Waals surface area contributed by atoms with Crippen LogP contribution in [0.15, 0.2) is 28.2 Å². The van der Waals surface area contributed by atoms with E-state index in [1.54, 1.807) is 6.21 Å². The number of rotatable bonds is 3. The summed E-state index contributed by atoms with van der Waals surface area (Å²) in [6, 6.07) is 5.75. The van der Waals surface area contributed by atoms with Gasteiger partial charge in [-0.05, 0) is 38.3 Å². The average Bonchev–Trinajstić information content (AvgIpc) is 2.18. The Hall–Kier alpha value is -1.15. The summed E-state index contributed by atoms with van der Waals surface area (Å²) in [4.78, 5) is 8.09. The first-order chi connectivity index (χ1) is 6.69. The van der Waals surface area contributed by atoms with E-state index in [0.717, 1.165) is 16.9 Å². The van der Waals surface area contributed by atoms with E-state index in [2.05, 4.69) is 16.7 Å². The van der Waals surface area contributed by atoms with Crippen LogP contribution in [0.25, 0.3) is 0 Å². The highest BCUT2D eigenvalue weighted by atomic mass is 35.5. The topological polar surface area (TPSA) is 24.7 Å². The number of benzene rings is 1. The normalized spacial score (nSPS) is 13.1. The molecule has 0 spiro atoms. The quantitative estimate of drug-likeness (QED) is 0.529. The van der Waals surface area contributed by atoms with Gasteiger partial charge in [0.25, 0.3) is 0 Å². The van der Waals surface area contributed by atoms with Gasteiger partial charge in [-0.3, -0.25) is 9.98 Å². The Morgan fingerprint density at radius 3 is 2.64 bits per heavy atom. The smallest absolute Gasteiger partial charge is 0.0885 e. The number of nitrogens with zero attached hydrogens (tertiary/aromatic N) is 2. The Kier molecular flexibility index (Phi) is 3.84. The monoisotopic (exact) mass is 208 g/mol. The Balaban J connectivity index is 3.20. The van der Waals surface area contributed by atoms with Gasteiger partial charge in [0, 0.05) is 6.21 Å². The van der Waals surface area contributed by atoms with Gasteiger partial charge in [-0.25, -0.2) is 0 Å². The highest BCUT2D eigenvalue weighted by Gasteiger charge is 2.04. The van der Waals surface area contributed by atoms with Gasteiger partial charge >= 0.3 is 0 Å². The molecule has 0 radical (unpaired) electrons. The maximum atomic E-state index is 5.97. The predicted molar refractivity (Wildman–Crippen MR) is 63.7 cm³/mol. The van der Waals surface area contributed by atoms with E-state index in [-0.39, 0.29) is 5.38 Å². The van der Waals surface area contributed by atoms with Gasteiger partial charge in [0.05, 0.1) is 16.8 Å². The molecule has 1 atom stereocenters. The van der Waals surface area contributed by atoms with Gasteiger partial charge in [0.15, 0.2) is 0 Å². The van der Waals surface area contributed by atoms with Crippen LogP contribution in [0.3, 0.4) is 0 Å². The standard InChI is InChI=1S/C11H13ClN2/c1-4-14-11-7-9(8(2)12)5-6-10(11)13-3/h4-8H,3H2,1-2H3/b14-4-. The molecule has 0 N–H and O–H groups in total. The van der Waals surface area contributed by atoms with Crippen LogP contribution in [-0.4, -0.2) is 12.9 Å². The number of alkyl halides is 1. The van der Waals surface area contributed by atoms with Gasteiger partial charge in [0.2, 0.25) is 0 Å². The van der Waals surface area contributed by atoms with Crippen molar-refractivity contribution in [2.75, 3.05) is 0 Å². The van der Waals surface area contributed by atoms with Gasteiger partial charge in [-0.15, -0.1) is 11.6 Å². The number of halogens is 1. The van der Waals surface area contributed by atoms with Crippen molar-refractivity contribution in [2.45, 2.75) is 19.2 Å². The summed E-state index contributed by atoms with van der Waals surface area (Å²) in [6.07, 6.45) is 1.73. The molecule has 0 bridgehead atoms. The summed E-state index contributed by atoms with van der Waals surface area (Å²) in [5.41, 5.74) is 2.64. The van der Waals surface area contributed by atoms with E-state index >= 15 is 0 Å². The second-order valence-corrected chi connectivity index (χ2v) is 3.56. The van der Waals surface area contributed by atoms with Crippen LogP contribution in [0.4, 0.5) is 11.4 Å². The summed E-state index contributed by atoms with van der Waals surface area (Å²) in [6.45, 7) is 7.28. The van der Waals surface area contributed by atoms with Crippen molar-refractivity contribution in [3.05, 3.63) is 23.8 Å². The molecular formula is C11H13ClN2. The first-order valence-electron chi connectivity index (χ1n) is 4.42. The number of hydrogen-bond donors (Lipinski definition) is 0. The minimum Gasteiger partial charge on any atom is -0.262 e. The third-order valence-corrected chi connectivity index (χ3v) is 2.15. The fraction of sp³-hybridized carbons (Fsp3) is 0.273. The van der Waals surface area contributed by atoms with Gasteiger partial charge in [0.1, 0.15) is 0 Å². The van der Waals surface area contributed by atoms with Crippen molar-refractivity contribution < 1.29 is 0 Å². The molecule has 0 saturated heterocycles. The van der Waals surface area contributed by atoms with Crippen molar-refractivity contribution in [1.82, 2.24) is 0 Å². The highest BCUT2D eigenvalue weighted by molar-refractivity contribution is 6.20. The fourth-order valence-corrected chi connectivity index (χ4v) is 1.30. The van der Waals surface area contributed by atoms with Crippen LogP contribution >= 0.6 is 11.6 Å². The highest BCUT2D eigenvalue weighted by Crippen LogP contribution is 2.32. The van der Waals surface area contributed by atoms with Crippen LogP contribution in [0, 0.1) is 0 Å². The zero-order valence-electron chi connectivity index (χ0n) is 8.37. The number of hydrogen-bond acceptors (Lipinski definition) is 2. The van der Waals surface area contributed by atoms with Gasteiger partial charge in [-0.2, -0.15) is 0 Å². The molecule has 1 aromatic rings. The molecule has 1 unspecified atom stereocenters. The summed E-state index contributed by atoms with van der Waals surface area (Å²) < 4.78 is 0. The molecule has 14 heavy (non-hydrogen) atoms. The van der Waals surface area contributed by atoms with Gasteiger partial charge in [-0.1, -0.05) is 6.07 Å². The maximum absolute atomic E-state index is 5.97. The molecule has 2 nitrogen and oxygen atoms in total. The third-order valence-electron chi connectivity index (χ3n) is 1.90. The molecule has 0 aromatic heterocycles. The van der Waals surface area contributed by atoms with E-state index in [9.17, 15) is 0 Å². The lowest BCUT2D eigenvalue weighted by atomic mass is 10.1. The molecule has 1 aromatic carbocycles. The Morgan fingerprint density at radius 2 is 2.14 bits per heavy atom. The molecule has 0 fully saturated rings. The van der Waals surface area contributed by atoms with Crippen LogP contribution in [-0.2, 0) is 0 Å². The van der Waals surface area contributed by atoms with Crippen molar-refractivity contribution >= 4 is 35.9 Å². The third kappa shape index (κ3) is 2.42. The molecule has 0 amide bonds. The SMILES string of the molecule is C=Nc1ccc(C(C)Cl)cc1/N=C\C. The van der Waals surface area contributed by atoms with Crippen LogP contribution in [0.5, 0.6) is 0 Å². The molecule has 0 aliphatic heterocycles. The lowest BCUT2D eigenvalue weighted by Gasteiger charge is -2.06. The van der Waals surface area contributed by atoms with Crippen molar-refractivity contribution in [3.63, 3.8) is 0 Å². The van der Waals surface area contributed by atoms with Crippen LogP contribution in [0.2, 0.25) is 0 Å². The molecule has 1 rings (SSSR count). The van der Waals surface area contributed by atoms with Crippen LogP contribution < -0.4 is 0 Å². The minimum atomic E-state index is -0.0142. The second kappa shape index (κ2) is 4.91. The molecule has 0 aliphatic carbocycles. The maximum Gasteiger partial charge on any atom is 0.0885 e. The van der Waals surface area contributed by atoms with Crippen molar-refractivity contribution in [1.29, 1.82) is 0 Å². The first-order valence-corrected chi connectivity index (χ1v) is 4.86. The predicted octanol–water partition coefficient (Wildman–Crippen LogP) is 4.04. The number of aliphatic imine (C=N–C) groups is 2. The largest absolute Gasteiger partial charge is 0.262 e. The van der Waals surface area contributed by atoms with Crippen molar-refractivity contribution in [2.24, 2.45) is 9.98 Å². The Morgan fingerprint density at radius 1 is 1.43 bits per heavy atom. The fourth-order valence-electron chi connectivity index (χ4n) is 1.16. The van der Waals surface area contributed by atoms with Gasteiger partial charge < -0.3 is 0 Å². The molecular weight excluding hydrogens is 196 g/mol. The lowest BCUT2D eigenvalue weighted by Crippen LogP contribution is -1.83. The molecule has 3 heteroatoms. The summed E-state index contributed by atoms with van der Waals surface area (Å²) in [5, 5.41) is -0.0142. The molecule has 0 saturated carbocycles. The average molecular weight is 209 g/mol. The minimum absolute atomic E-state index is 0.0142. The van der Waals surface area contributed by atoms with Crippen molar-refractivity contribution in [3.8, 4) is 0 Å². The first kappa shape index (κ1) is 10.9. The van der Waals surface area contributed by atoms with E-state index in [1.165, 1.54) is 0 Å². The van der Waals surface area contributed by atoms with Crippen LogP contribution in [0.1, 0.15) is 24.8 Å². The molecule has 0 aliphatic rings. The van der Waals surface area contributed by atoms with E-state index in [1.807, 2.05) is 32.0 Å². The molecule has 0 heterocycles. The molecule has 74 valence electrons. The van der Waals surface area contributed by atoms with E-state index in [4.69, 9.17) is 11.6 Å². The van der Waals surface area contributed by atoms with E-state index < -0.39 is 0 Å². The summed E-state index contributed by atoms with van der Waals surface area (Å²) >= 11 is 5.97. The zero-order chi connectivity index (χ0) is 10.6. The summed E-state index contributed by atoms with van der Waals surface area (Å²) in [5.74, 6) is 0. The zero-order valence-corrected chi connectivity index (χ0v) is 9.12. The Labute approximate surface area is 89.4 Å². The Bertz CT molecular complexity index is 356. The summed E-state index contributed by atoms with van der Waals surface area (Å²) in [7, 11) is 0. The lowest BCUT2D eigenvalue weighted by molar-refractivity contribution is 1.08.